The third-order valence-corrected chi connectivity index (χ3v) is 4.93. The molecule has 1 aromatic carbocycles. The average molecular weight is 308 g/mol. The zero-order valence-corrected chi connectivity index (χ0v) is 13.2. The van der Waals surface area contributed by atoms with Gasteiger partial charge in [0.2, 0.25) is 0 Å². The number of nitrogens with two attached hydrogens (primary N) is 1. The summed E-state index contributed by atoms with van der Waals surface area (Å²) in [7, 11) is 0. The van der Waals surface area contributed by atoms with E-state index in [4.69, 9.17) is 10.5 Å². The molecule has 0 unspecified atom stereocenters. The number of carbonyl (C=O) groups is 1. The summed E-state index contributed by atoms with van der Waals surface area (Å²) in [5.74, 6) is 2.89. The molecule has 5 heteroatoms. The van der Waals surface area contributed by atoms with Crippen LogP contribution in [0, 0.1) is 5.92 Å². The van der Waals surface area contributed by atoms with Gasteiger partial charge in [-0.3, -0.25) is 0 Å². The van der Waals surface area contributed by atoms with Crippen LogP contribution in [-0.2, 0) is 11.3 Å². The first-order chi connectivity index (χ1) is 10.3. The van der Waals surface area contributed by atoms with Crippen molar-refractivity contribution in [3.63, 3.8) is 0 Å². The maximum atomic E-state index is 12.0. The fraction of sp³-hybridized carbons (Fsp3) is 0.562. The smallest absolute Gasteiger partial charge is 0.410 e. The topological polar surface area (TPSA) is 55.6 Å². The van der Waals surface area contributed by atoms with Gasteiger partial charge in [0.25, 0.3) is 0 Å². The van der Waals surface area contributed by atoms with Crippen molar-refractivity contribution in [2.24, 2.45) is 11.7 Å². The van der Waals surface area contributed by atoms with E-state index in [1.165, 1.54) is 0 Å². The Kier molecular flexibility index (Phi) is 6.89. The molecular weight excluding hydrogens is 284 g/mol. The van der Waals surface area contributed by atoms with Gasteiger partial charge in [0.15, 0.2) is 0 Å². The van der Waals surface area contributed by atoms with Crippen LogP contribution in [-0.4, -0.2) is 42.1 Å². The van der Waals surface area contributed by atoms with E-state index in [1.54, 1.807) is 0 Å². The highest BCUT2D eigenvalue weighted by atomic mass is 32.2. The van der Waals surface area contributed by atoms with Crippen molar-refractivity contribution in [2.45, 2.75) is 19.4 Å². The molecule has 0 aliphatic carbocycles. The summed E-state index contributed by atoms with van der Waals surface area (Å²) in [6.45, 7) is 2.71. The summed E-state index contributed by atoms with van der Waals surface area (Å²) in [4.78, 5) is 13.8. The van der Waals surface area contributed by atoms with Crippen LogP contribution in [0.15, 0.2) is 30.3 Å². The van der Waals surface area contributed by atoms with Crippen LogP contribution in [0.5, 0.6) is 0 Å². The van der Waals surface area contributed by atoms with Gasteiger partial charge < -0.3 is 15.4 Å². The van der Waals surface area contributed by atoms with Crippen LogP contribution in [0.2, 0.25) is 0 Å². The zero-order chi connectivity index (χ0) is 14.9. The second-order valence-corrected chi connectivity index (χ2v) is 6.48. The summed E-state index contributed by atoms with van der Waals surface area (Å²) in [6.07, 6.45) is 1.95. The number of hydrogen-bond acceptors (Lipinski definition) is 4. The van der Waals surface area contributed by atoms with Gasteiger partial charge in [-0.1, -0.05) is 30.3 Å². The Morgan fingerprint density at radius 2 is 2.00 bits per heavy atom. The third-order valence-electron chi connectivity index (χ3n) is 3.69. The van der Waals surface area contributed by atoms with Crippen molar-refractivity contribution in [3.05, 3.63) is 35.9 Å². The minimum absolute atomic E-state index is 0.188. The average Bonchev–Trinajstić information content (AvgIpc) is 2.54. The number of hydrogen-bond donors (Lipinski definition) is 1. The lowest BCUT2D eigenvalue weighted by atomic mass is 9.99. The quantitative estimate of drug-likeness (QED) is 0.821. The first kappa shape index (κ1) is 16.2. The van der Waals surface area contributed by atoms with Crippen molar-refractivity contribution < 1.29 is 9.53 Å². The molecule has 1 aliphatic heterocycles. The minimum atomic E-state index is -0.188. The van der Waals surface area contributed by atoms with Gasteiger partial charge in [-0.2, -0.15) is 11.8 Å². The molecule has 116 valence electrons. The Balaban J connectivity index is 1.66. The van der Waals surface area contributed by atoms with Gasteiger partial charge in [0, 0.05) is 25.4 Å². The number of likely N-dealkylation sites (tertiary alicyclic amines) is 1. The lowest BCUT2D eigenvalue weighted by Crippen LogP contribution is -2.39. The number of nitrogens with zero attached hydrogens (tertiary/aromatic N) is 1. The first-order valence-corrected chi connectivity index (χ1v) is 8.68. The van der Waals surface area contributed by atoms with E-state index in [1.807, 2.05) is 47.0 Å². The molecule has 4 nitrogen and oxygen atoms in total. The molecule has 1 aliphatic rings. The molecular formula is C16H24N2O2S. The molecule has 1 aromatic rings. The molecule has 0 spiro atoms. The lowest BCUT2D eigenvalue weighted by Gasteiger charge is -2.31. The fourth-order valence-corrected chi connectivity index (χ4v) is 3.43. The van der Waals surface area contributed by atoms with Crippen LogP contribution in [0.1, 0.15) is 18.4 Å². The molecule has 1 heterocycles. The van der Waals surface area contributed by atoms with Crippen molar-refractivity contribution >= 4 is 17.9 Å². The van der Waals surface area contributed by atoms with Crippen LogP contribution >= 0.6 is 11.8 Å². The van der Waals surface area contributed by atoms with Crippen molar-refractivity contribution in [3.8, 4) is 0 Å². The minimum Gasteiger partial charge on any atom is -0.445 e. The van der Waals surface area contributed by atoms with Gasteiger partial charge in [-0.15, -0.1) is 0 Å². The second-order valence-electron chi connectivity index (χ2n) is 5.33. The summed E-state index contributed by atoms with van der Waals surface area (Å²) in [5.41, 5.74) is 6.52. The van der Waals surface area contributed by atoms with Gasteiger partial charge in [-0.05, 0) is 30.1 Å². The summed E-state index contributed by atoms with van der Waals surface area (Å²) < 4.78 is 5.37. The van der Waals surface area contributed by atoms with Gasteiger partial charge in [0.1, 0.15) is 6.61 Å². The molecule has 1 saturated heterocycles. The lowest BCUT2D eigenvalue weighted by molar-refractivity contribution is 0.0840. The molecule has 0 atom stereocenters. The largest absolute Gasteiger partial charge is 0.445 e. The number of thioether (sulfide) groups is 1. The van der Waals surface area contributed by atoms with E-state index in [0.717, 1.165) is 49.5 Å². The number of ether oxygens (including phenoxy) is 1. The first-order valence-electron chi connectivity index (χ1n) is 7.53. The second kappa shape index (κ2) is 8.95. The Labute approximate surface area is 131 Å². The highest BCUT2D eigenvalue weighted by molar-refractivity contribution is 7.99. The Hall–Kier alpha value is -1.20. The standard InChI is InChI=1S/C16H24N2O2S/c17-8-11-21-13-15-6-9-18(10-7-15)16(19)20-12-14-4-2-1-3-5-14/h1-5,15H,6-13,17H2. The van der Waals surface area contributed by atoms with E-state index < -0.39 is 0 Å². The van der Waals surface area contributed by atoms with Gasteiger partial charge in [-0.25, -0.2) is 4.79 Å². The molecule has 1 fully saturated rings. The molecule has 1 amide bonds. The van der Waals surface area contributed by atoms with E-state index in [2.05, 4.69) is 0 Å². The molecule has 0 aromatic heterocycles. The van der Waals surface area contributed by atoms with E-state index in [0.29, 0.717) is 12.5 Å². The number of piperidine rings is 1. The van der Waals surface area contributed by atoms with E-state index in [-0.39, 0.29) is 6.09 Å². The molecule has 21 heavy (non-hydrogen) atoms. The highest BCUT2D eigenvalue weighted by Gasteiger charge is 2.23. The van der Waals surface area contributed by atoms with Crippen molar-refractivity contribution in [1.82, 2.24) is 4.90 Å². The van der Waals surface area contributed by atoms with Gasteiger partial charge >= 0.3 is 6.09 Å². The van der Waals surface area contributed by atoms with Crippen LogP contribution in [0.25, 0.3) is 0 Å². The predicted octanol–water partition coefficient (Wildman–Crippen LogP) is 2.73. The van der Waals surface area contributed by atoms with Crippen LogP contribution in [0.4, 0.5) is 4.79 Å². The van der Waals surface area contributed by atoms with Crippen LogP contribution in [0.3, 0.4) is 0 Å². The molecule has 0 saturated carbocycles. The Morgan fingerprint density at radius 3 is 2.67 bits per heavy atom. The van der Waals surface area contributed by atoms with Crippen molar-refractivity contribution in [1.29, 1.82) is 0 Å². The maximum absolute atomic E-state index is 12.0. The molecule has 2 rings (SSSR count). The summed E-state index contributed by atoms with van der Waals surface area (Å²) in [5, 5.41) is 0. The fourth-order valence-electron chi connectivity index (χ4n) is 2.43. The summed E-state index contributed by atoms with van der Waals surface area (Å²) in [6, 6.07) is 9.79. The molecule has 2 N–H and O–H groups in total. The highest BCUT2D eigenvalue weighted by Crippen LogP contribution is 2.22. The Bertz CT molecular complexity index is 420. The normalized spacial score (nSPS) is 16.0. The molecule has 0 bridgehead atoms. The van der Waals surface area contributed by atoms with E-state index in [9.17, 15) is 4.79 Å². The Morgan fingerprint density at radius 1 is 1.29 bits per heavy atom. The third kappa shape index (κ3) is 5.59. The summed E-state index contributed by atoms with van der Waals surface area (Å²) >= 11 is 1.92. The van der Waals surface area contributed by atoms with E-state index >= 15 is 0 Å². The number of carbonyl (C=O) groups excluding carboxylic acids is 1. The maximum Gasteiger partial charge on any atom is 0.410 e. The van der Waals surface area contributed by atoms with Gasteiger partial charge in [0.05, 0.1) is 0 Å². The van der Waals surface area contributed by atoms with Crippen LogP contribution < -0.4 is 5.73 Å². The van der Waals surface area contributed by atoms with Crippen molar-refractivity contribution in [2.75, 3.05) is 31.1 Å². The SMILES string of the molecule is NCCSCC1CCN(C(=O)OCc2ccccc2)CC1. The number of benzene rings is 1. The number of amides is 1. The number of rotatable bonds is 6. The predicted molar refractivity (Wildman–Crippen MR) is 87.3 cm³/mol. The monoisotopic (exact) mass is 308 g/mol. The zero-order valence-electron chi connectivity index (χ0n) is 12.4. The molecule has 0 radical (unpaired) electrons.